The molecule has 1 saturated heterocycles. The van der Waals surface area contributed by atoms with Gasteiger partial charge in [0.1, 0.15) is 0 Å². The number of urea groups is 1. The van der Waals surface area contributed by atoms with Crippen molar-refractivity contribution in [3.63, 3.8) is 0 Å². The Morgan fingerprint density at radius 1 is 0.970 bits per heavy atom. The Labute approximate surface area is 190 Å². The molecule has 0 aliphatic carbocycles. The highest BCUT2D eigenvalue weighted by Gasteiger charge is 2.21. The van der Waals surface area contributed by atoms with Crippen molar-refractivity contribution < 1.29 is 19.1 Å². The molecule has 3 aromatic rings. The molecule has 174 valence electrons. The summed E-state index contributed by atoms with van der Waals surface area (Å²) >= 11 is 0. The highest BCUT2D eigenvalue weighted by atomic mass is 16.5. The van der Waals surface area contributed by atoms with E-state index in [1.807, 2.05) is 13.0 Å². The zero-order valence-corrected chi connectivity index (χ0v) is 19.1. The highest BCUT2D eigenvalue weighted by molar-refractivity contribution is 6.07. The van der Waals surface area contributed by atoms with Crippen molar-refractivity contribution in [3.05, 3.63) is 51.9 Å². The van der Waals surface area contributed by atoms with Gasteiger partial charge in [-0.15, -0.1) is 0 Å². The molecule has 0 radical (unpaired) electrons. The lowest BCUT2D eigenvalue weighted by molar-refractivity contribution is 0.0602. The summed E-state index contributed by atoms with van der Waals surface area (Å²) in [4.78, 5) is 39.7. The number of benzene rings is 2. The Hall–Kier alpha value is -3.79. The number of hydrogen-bond acceptors (Lipinski definition) is 6. The average Bonchev–Trinajstić information content (AvgIpc) is 3.02. The van der Waals surface area contributed by atoms with Gasteiger partial charge in [0.2, 0.25) is 0 Å². The average molecular weight is 453 g/mol. The van der Waals surface area contributed by atoms with Gasteiger partial charge in [-0.1, -0.05) is 6.07 Å². The number of nitrogens with zero attached hydrogens (tertiary/aromatic N) is 3. The number of carbonyl (C=O) groups excluding carboxylic acids is 2. The normalized spacial score (nSPS) is 13.8. The summed E-state index contributed by atoms with van der Waals surface area (Å²) in [6.07, 6.45) is 0. The molecule has 4 rings (SSSR count). The number of methoxy groups -OCH3 is 1. The number of imidazole rings is 1. The quantitative estimate of drug-likeness (QED) is 0.588. The second-order valence-corrected chi connectivity index (χ2v) is 7.98. The first kappa shape index (κ1) is 22.4. The molecule has 0 bridgehead atoms. The van der Waals surface area contributed by atoms with E-state index in [0.29, 0.717) is 43.2 Å². The maximum absolute atomic E-state index is 13.0. The van der Waals surface area contributed by atoms with Crippen molar-refractivity contribution in [3.8, 4) is 0 Å². The topological polar surface area (TPSA) is 107 Å². The minimum Gasteiger partial charge on any atom is -0.465 e. The van der Waals surface area contributed by atoms with Gasteiger partial charge in [-0.25, -0.2) is 14.4 Å². The number of ether oxygens (including phenoxy) is 2. The van der Waals surface area contributed by atoms with E-state index in [2.05, 4.69) is 15.5 Å². The second kappa shape index (κ2) is 8.99. The van der Waals surface area contributed by atoms with Crippen molar-refractivity contribution in [1.29, 1.82) is 0 Å². The van der Waals surface area contributed by atoms with E-state index in [-0.39, 0.29) is 11.3 Å². The fourth-order valence-electron chi connectivity index (χ4n) is 4.03. The smallest absolute Gasteiger partial charge is 0.339 e. The van der Waals surface area contributed by atoms with Gasteiger partial charge in [0.05, 0.1) is 54.0 Å². The molecule has 1 fully saturated rings. The highest BCUT2D eigenvalue weighted by Crippen LogP contribution is 2.32. The molecule has 33 heavy (non-hydrogen) atoms. The van der Waals surface area contributed by atoms with Crippen molar-refractivity contribution in [1.82, 2.24) is 9.13 Å². The summed E-state index contributed by atoms with van der Waals surface area (Å²) in [6, 6.07) is 8.28. The number of nitrogens with one attached hydrogen (secondary N) is 2. The van der Waals surface area contributed by atoms with Crippen molar-refractivity contribution in [2.24, 2.45) is 14.1 Å². The van der Waals surface area contributed by atoms with Crippen molar-refractivity contribution in [2.75, 3.05) is 48.9 Å². The number of amides is 2. The van der Waals surface area contributed by atoms with Crippen LogP contribution in [0, 0.1) is 6.92 Å². The van der Waals surface area contributed by atoms with E-state index in [9.17, 15) is 14.4 Å². The predicted octanol–water partition coefficient (Wildman–Crippen LogP) is 2.45. The SMILES string of the molecule is COC(=O)c1ccc(C)cc1NC(=O)Nc1cc2c(cc1N1CCOCC1)n(C)c(=O)n2C. The fraction of sp³-hybridized carbons (Fsp3) is 0.348. The van der Waals surface area contributed by atoms with Crippen LogP contribution >= 0.6 is 0 Å². The number of aryl methyl sites for hydroxylation is 3. The summed E-state index contributed by atoms with van der Waals surface area (Å²) in [7, 11) is 4.71. The third-order valence-corrected chi connectivity index (χ3v) is 5.82. The Bertz CT molecular complexity index is 1290. The summed E-state index contributed by atoms with van der Waals surface area (Å²) in [6.45, 7) is 4.33. The van der Waals surface area contributed by atoms with Gasteiger partial charge < -0.3 is 25.0 Å². The number of fused-ring (bicyclic) bond motifs is 1. The Kier molecular flexibility index (Phi) is 6.10. The number of carbonyl (C=O) groups is 2. The monoisotopic (exact) mass is 453 g/mol. The molecular formula is C23H27N5O5. The molecule has 2 heterocycles. The maximum Gasteiger partial charge on any atom is 0.339 e. The number of hydrogen-bond donors (Lipinski definition) is 2. The first-order valence-electron chi connectivity index (χ1n) is 10.6. The van der Waals surface area contributed by atoms with Crippen molar-refractivity contribution in [2.45, 2.75) is 6.92 Å². The van der Waals surface area contributed by atoms with E-state index in [4.69, 9.17) is 9.47 Å². The van der Waals surface area contributed by atoms with E-state index in [1.54, 1.807) is 42.9 Å². The van der Waals surface area contributed by atoms with Gasteiger partial charge in [-0.2, -0.15) is 0 Å². The number of rotatable bonds is 4. The molecule has 2 aromatic carbocycles. The largest absolute Gasteiger partial charge is 0.465 e. The number of anilines is 3. The molecule has 1 aliphatic heterocycles. The molecule has 10 heteroatoms. The zero-order valence-electron chi connectivity index (χ0n) is 19.1. The number of morpholine rings is 1. The molecule has 10 nitrogen and oxygen atoms in total. The molecule has 0 unspecified atom stereocenters. The van der Waals surface area contributed by atoms with E-state index in [1.165, 1.54) is 11.7 Å². The van der Waals surface area contributed by atoms with E-state index >= 15 is 0 Å². The van der Waals surface area contributed by atoms with Crippen LogP contribution in [0.1, 0.15) is 15.9 Å². The van der Waals surface area contributed by atoms with Crippen LogP contribution in [-0.2, 0) is 23.6 Å². The molecule has 1 aromatic heterocycles. The summed E-state index contributed by atoms with van der Waals surface area (Å²) in [5.41, 5.74) is 4.14. The zero-order chi connectivity index (χ0) is 23.7. The minimum atomic E-state index is -0.542. The number of esters is 1. The molecule has 2 amide bonds. The van der Waals surface area contributed by atoms with Crippen LogP contribution in [0.2, 0.25) is 0 Å². The van der Waals surface area contributed by atoms with Crippen LogP contribution in [0.3, 0.4) is 0 Å². The molecule has 0 saturated carbocycles. The van der Waals surface area contributed by atoms with Crippen LogP contribution < -0.4 is 21.2 Å². The Morgan fingerprint density at radius 3 is 2.27 bits per heavy atom. The summed E-state index contributed by atoms with van der Waals surface area (Å²) in [5, 5.41) is 5.66. The summed E-state index contributed by atoms with van der Waals surface area (Å²) < 4.78 is 13.4. The molecule has 0 atom stereocenters. The third kappa shape index (κ3) is 4.29. The molecule has 0 spiro atoms. The van der Waals surface area contributed by atoms with Gasteiger partial charge >= 0.3 is 17.7 Å². The lowest BCUT2D eigenvalue weighted by atomic mass is 10.1. The van der Waals surface area contributed by atoms with Gasteiger partial charge in [-0.05, 0) is 36.8 Å². The lowest BCUT2D eigenvalue weighted by Crippen LogP contribution is -2.37. The predicted molar refractivity (Wildman–Crippen MR) is 126 cm³/mol. The first-order chi connectivity index (χ1) is 15.8. The second-order valence-electron chi connectivity index (χ2n) is 7.98. The van der Waals surface area contributed by atoms with Crippen molar-refractivity contribution >= 4 is 40.1 Å². The molecule has 1 aliphatic rings. The summed E-state index contributed by atoms with van der Waals surface area (Å²) in [5.74, 6) is -0.542. The maximum atomic E-state index is 13.0. The Balaban J connectivity index is 1.71. The molecule has 2 N–H and O–H groups in total. The minimum absolute atomic E-state index is 0.151. The third-order valence-electron chi connectivity index (χ3n) is 5.82. The van der Waals surface area contributed by atoms with E-state index in [0.717, 1.165) is 16.8 Å². The number of aromatic nitrogens is 2. The van der Waals surface area contributed by atoms with Crippen LogP contribution in [0.15, 0.2) is 35.1 Å². The van der Waals surface area contributed by atoms with Gasteiger partial charge in [0.15, 0.2) is 0 Å². The fourth-order valence-corrected chi connectivity index (χ4v) is 4.03. The lowest BCUT2D eigenvalue weighted by Gasteiger charge is -2.30. The van der Waals surface area contributed by atoms with Crippen LogP contribution in [0.25, 0.3) is 11.0 Å². The standard InChI is InChI=1S/C23H27N5O5/c1-14-5-6-15(21(29)32-4)16(11-14)24-22(30)25-17-12-19-20(27(3)23(31)26(19)2)13-18(17)28-7-9-33-10-8-28/h5-6,11-13H,7-10H2,1-4H3,(H2,24,25,30). The van der Waals surface area contributed by atoms with Crippen LogP contribution in [0.5, 0.6) is 0 Å². The van der Waals surface area contributed by atoms with Crippen LogP contribution in [0.4, 0.5) is 21.9 Å². The van der Waals surface area contributed by atoms with Crippen LogP contribution in [-0.4, -0.2) is 54.5 Å². The first-order valence-corrected chi connectivity index (χ1v) is 10.6. The van der Waals surface area contributed by atoms with E-state index < -0.39 is 12.0 Å². The van der Waals surface area contributed by atoms with Gasteiger partial charge in [0.25, 0.3) is 0 Å². The van der Waals surface area contributed by atoms with Gasteiger partial charge in [0, 0.05) is 27.2 Å². The Morgan fingerprint density at radius 2 is 1.61 bits per heavy atom. The van der Waals surface area contributed by atoms with Gasteiger partial charge in [-0.3, -0.25) is 9.13 Å². The molecular weight excluding hydrogens is 426 g/mol.